The zero-order valence-corrected chi connectivity index (χ0v) is 13.7. The van der Waals surface area contributed by atoms with Crippen LogP contribution in [0.25, 0.3) is 11.1 Å². The Morgan fingerprint density at radius 2 is 2.14 bits per heavy atom. The molecule has 1 heterocycles. The van der Waals surface area contributed by atoms with Gasteiger partial charge in [0.2, 0.25) is 5.91 Å². The van der Waals surface area contributed by atoms with Crippen LogP contribution in [0.1, 0.15) is 18.9 Å². The molecule has 1 atom stereocenters. The van der Waals surface area contributed by atoms with Gasteiger partial charge in [0.05, 0.1) is 6.20 Å². The van der Waals surface area contributed by atoms with Gasteiger partial charge in [-0.15, -0.1) is 0 Å². The number of amides is 1. The van der Waals surface area contributed by atoms with E-state index in [1.54, 1.807) is 23.7 Å². The van der Waals surface area contributed by atoms with Gasteiger partial charge in [-0.05, 0) is 24.1 Å². The standard InChI is InChI=1S/C17H24N4O/c1-13(8-17(22)20(2)3)18-10-14-6-5-7-15(9-14)16-11-19-21(4)12-16/h5-7,9,11-13,18H,8,10H2,1-4H3/t13-/m0/s1. The Hall–Kier alpha value is -2.14. The molecule has 1 aromatic heterocycles. The maximum absolute atomic E-state index is 11.7. The number of carbonyl (C=O) groups is 1. The molecule has 0 saturated heterocycles. The summed E-state index contributed by atoms with van der Waals surface area (Å²) >= 11 is 0. The van der Waals surface area contributed by atoms with E-state index in [9.17, 15) is 4.79 Å². The lowest BCUT2D eigenvalue weighted by Gasteiger charge is -2.16. The predicted molar refractivity (Wildman–Crippen MR) is 88.3 cm³/mol. The molecule has 22 heavy (non-hydrogen) atoms. The largest absolute Gasteiger partial charge is 0.349 e. The normalized spacial score (nSPS) is 12.2. The molecular formula is C17H24N4O. The van der Waals surface area contributed by atoms with Crippen molar-refractivity contribution in [2.75, 3.05) is 14.1 Å². The van der Waals surface area contributed by atoms with Gasteiger partial charge in [-0.25, -0.2) is 0 Å². The molecule has 0 aliphatic heterocycles. The molecule has 0 spiro atoms. The third-order valence-electron chi connectivity index (χ3n) is 3.60. The van der Waals surface area contributed by atoms with E-state index < -0.39 is 0 Å². The lowest BCUT2D eigenvalue weighted by Crippen LogP contribution is -2.32. The summed E-state index contributed by atoms with van der Waals surface area (Å²) in [6.45, 7) is 2.78. The second-order valence-electron chi connectivity index (χ2n) is 5.88. The highest BCUT2D eigenvalue weighted by molar-refractivity contribution is 5.76. The van der Waals surface area contributed by atoms with Gasteiger partial charge in [-0.3, -0.25) is 9.48 Å². The van der Waals surface area contributed by atoms with Gasteiger partial charge in [-0.1, -0.05) is 18.2 Å². The monoisotopic (exact) mass is 300 g/mol. The fourth-order valence-corrected chi connectivity index (χ4v) is 2.24. The van der Waals surface area contributed by atoms with Crippen LogP contribution in [0.4, 0.5) is 0 Å². The van der Waals surface area contributed by atoms with Crippen LogP contribution >= 0.6 is 0 Å². The summed E-state index contributed by atoms with van der Waals surface area (Å²) in [4.78, 5) is 13.3. The first-order valence-electron chi connectivity index (χ1n) is 7.47. The van der Waals surface area contributed by atoms with Crippen molar-refractivity contribution in [3.63, 3.8) is 0 Å². The minimum Gasteiger partial charge on any atom is -0.349 e. The maximum atomic E-state index is 11.7. The van der Waals surface area contributed by atoms with E-state index in [2.05, 4.69) is 34.7 Å². The molecule has 5 heteroatoms. The van der Waals surface area contributed by atoms with Crippen LogP contribution in [0.2, 0.25) is 0 Å². The highest BCUT2D eigenvalue weighted by Crippen LogP contribution is 2.19. The van der Waals surface area contributed by atoms with Crippen LogP contribution in [0, 0.1) is 0 Å². The van der Waals surface area contributed by atoms with Crippen LogP contribution in [-0.4, -0.2) is 40.7 Å². The topological polar surface area (TPSA) is 50.2 Å². The Bertz CT molecular complexity index is 633. The van der Waals surface area contributed by atoms with Crippen LogP contribution in [0.5, 0.6) is 0 Å². The number of hydrogen-bond donors (Lipinski definition) is 1. The molecule has 0 radical (unpaired) electrons. The Morgan fingerprint density at radius 1 is 1.36 bits per heavy atom. The summed E-state index contributed by atoms with van der Waals surface area (Å²) < 4.78 is 1.80. The van der Waals surface area contributed by atoms with Gasteiger partial charge in [0, 0.05) is 51.9 Å². The second kappa shape index (κ2) is 7.22. The third kappa shape index (κ3) is 4.43. The Balaban J connectivity index is 1.95. The molecule has 0 aliphatic rings. The molecule has 2 aromatic rings. The van der Waals surface area contributed by atoms with Crippen LogP contribution in [0.15, 0.2) is 36.7 Å². The summed E-state index contributed by atoms with van der Waals surface area (Å²) in [5.74, 6) is 0.143. The first kappa shape index (κ1) is 16.2. The third-order valence-corrected chi connectivity index (χ3v) is 3.60. The summed E-state index contributed by atoms with van der Waals surface area (Å²) in [6, 6.07) is 8.53. The molecule has 1 aromatic carbocycles. The Labute approximate surface area is 131 Å². The smallest absolute Gasteiger partial charge is 0.223 e. The minimum absolute atomic E-state index is 0.143. The van der Waals surface area contributed by atoms with Crippen molar-refractivity contribution in [1.82, 2.24) is 20.0 Å². The minimum atomic E-state index is 0.143. The Kier molecular flexibility index (Phi) is 5.33. The number of rotatable bonds is 6. The van der Waals surface area contributed by atoms with Gasteiger partial charge in [-0.2, -0.15) is 5.10 Å². The van der Waals surface area contributed by atoms with Crippen molar-refractivity contribution in [2.45, 2.75) is 25.9 Å². The SMILES string of the molecule is C[C@@H](CC(=O)N(C)C)NCc1cccc(-c2cnn(C)c2)c1. The molecule has 0 aliphatic carbocycles. The summed E-state index contributed by atoms with van der Waals surface area (Å²) in [6.07, 6.45) is 4.38. The first-order chi connectivity index (χ1) is 10.5. The van der Waals surface area contributed by atoms with Crippen molar-refractivity contribution >= 4 is 5.91 Å². The van der Waals surface area contributed by atoms with E-state index in [4.69, 9.17) is 0 Å². The van der Waals surface area contributed by atoms with Crippen molar-refractivity contribution < 1.29 is 4.79 Å². The molecule has 0 saturated carbocycles. The average molecular weight is 300 g/mol. The fourth-order valence-electron chi connectivity index (χ4n) is 2.24. The van der Waals surface area contributed by atoms with Crippen molar-refractivity contribution in [2.24, 2.45) is 7.05 Å². The number of nitrogens with zero attached hydrogens (tertiary/aromatic N) is 3. The highest BCUT2D eigenvalue weighted by atomic mass is 16.2. The van der Waals surface area contributed by atoms with Gasteiger partial charge in [0.15, 0.2) is 0 Å². The molecule has 0 bridgehead atoms. The van der Waals surface area contributed by atoms with Crippen molar-refractivity contribution in [3.8, 4) is 11.1 Å². The van der Waals surface area contributed by atoms with E-state index >= 15 is 0 Å². The molecule has 2 rings (SSSR count). The molecule has 0 unspecified atom stereocenters. The average Bonchev–Trinajstić information content (AvgIpc) is 2.92. The van der Waals surface area contributed by atoms with E-state index in [-0.39, 0.29) is 11.9 Å². The van der Waals surface area contributed by atoms with Gasteiger partial charge >= 0.3 is 0 Å². The summed E-state index contributed by atoms with van der Waals surface area (Å²) in [5, 5.41) is 7.61. The highest BCUT2D eigenvalue weighted by Gasteiger charge is 2.10. The second-order valence-corrected chi connectivity index (χ2v) is 5.88. The number of nitrogens with one attached hydrogen (secondary N) is 1. The number of aryl methyl sites for hydroxylation is 1. The summed E-state index contributed by atoms with van der Waals surface area (Å²) in [7, 11) is 5.48. The molecule has 118 valence electrons. The van der Waals surface area contributed by atoms with E-state index in [1.807, 2.05) is 26.4 Å². The number of hydrogen-bond acceptors (Lipinski definition) is 3. The van der Waals surface area contributed by atoms with Gasteiger partial charge in [0.1, 0.15) is 0 Å². The van der Waals surface area contributed by atoms with Crippen LogP contribution in [-0.2, 0) is 18.4 Å². The van der Waals surface area contributed by atoms with Gasteiger partial charge < -0.3 is 10.2 Å². The zero-order chi connectivity index (χ0) is 16.1. The van der Waals surface area contributed by atoms with Gasteiger partial charge in [0.25, 0.3) is 0 Å². The molecule has 0 fully saturated rings. The quantitative estimate of drug-likeness (QED) is 0.888. The maximum Gasteiger partial charge on any atom is 0.223 e. The number of benzene rings is 1. The van der Waals surface area contributed by atoms with Crippen LogP contribution in [0.3, 0.4) is 0 Å². The van der Waals surface area contributed by atoms with E-state index in [1.165, 1.54) is 5.56 Å². The predicted octanol–water partition coefficient (Wildman–Crippen LogP) is 2.04. The van der Waals surface area contributed by atoms with Crippen molar-refractivity contribution in [3.05, 3.63) is 42.2 Å². The Morgan fingerprint density at radius 3 is 2.77 bits per heavy atom. The molecule has 5 nitrogen and oxygen atoms in total. The van der Waals surface area contributed by atoms with E-state index in [0.717, 1.165) is 17.7 Å². The lowest BCUT2D eigenvalue weighted by molar-refractivity contribution is -0.129. The first-order valence-corrected chi connectivity index (χ1v) is 7.47. The lowest BCUT2D eigenvalue weighted by atomic mass is 10.1. The van der Waals surface area contributed by atoms with E-state index in [0.29, 0.717) is 6.42 Å². The molecule has 1 N–H and O–H groups in total. The number of carbonyl (C=O) groups excluding carboxylic acids is 1. The molecular weight excluding hydrogens is 276 g/mol. The number of aromatic nitrogens is 2. The fraction of sp³-hybridized carbons (Fsp3) is 0.412. The zero-order valence-electron chi connectivity index (χ0n) is 13.7. The summed E-state index contributed by atoms with van der Waals surface area (Å²) in [5.41, 5.74) is 3.47. The van der Waals surface area contributed by atoms with Crippen molar-refractivity contribution in [1.29, 1.82) is 0 Å². The molecule has 1 amide bonds. The van der Waals surface area contributed by atoms with Crippen LogP contribution < -0.4 is 5.32 Å².